The third-order valence-corrected chi connectivity index (χ3v) is 6.66. The summed E-state index contributed by atoms with van der Waals surface area (Å²) < 4.78 is 5.17. The highest BCUT2D eigenvalue weighted by Crippen LogP contribution is 2.25. The van der Waals surface area contributed by atoms with Crippen molar-refractivity contribution in [3.63, 3.8) is 0 Å². The molecule has 8 nitrogen and oxygen atoms in total. The smallest absolute Gasteiger partial charge is 0.339 e. The van der Waals surface area contributed by atoms with E-state index in [0.717, 1.165) is 35.2 Å². The van der Waals surface area contributed by atoms with Crippen LogP contribution in [0.3, 0.4) is 0 Å². The number of carbonyl (C=O) groups is 3. The van der Waals surface area contributed by atoms with Crippen LogP contribution < -0.4 is 15.5 Å². The highest BCUT2D eigenvalue weighted by atomic mass is 16.5. The van der Waals surface area contributed by atoms with E-state index in [9.17, 15) is 19.5 Å². The van der Waals surface area contributed by atoms with Gasteiger partial charge in [0, 0.05) is 19.3 Å². The van der Waals surface area contributed by atoms with Crippen molar-refractivity contribution in [3.05, 3.63) is 90.0 Å². The number of unbranched alkanes of at least 4 members (excludes halogenated alkanes) is 4. The molecule has 3 aromatic carbocycles. The number of nitrogens with one attached hydrogen (secondary N) is 2. The van der Waals surface area contributed by atoms with Crippen LogP contribution in [-0.4, -0.2) is 49.4 Å². The monoisotopic (exact) mass is 545 g/mol. The Labute approximate surface area is 236 Å². The summed E-state index contributed by atoms with van der Waals surface area (Å²) in [6, 6.07) is 22.8. The van der Waals surface area contributed by atoms with Gasteiger partial charge in [-0.2, -0.15) is 0 Å². The molecule has 0 radical (unpaired) electrons. The van der Waals surface area contributed by atoms with Gasteiger partial charge >= 0.3 is 18.0 Å². The lowest BCUT2D eigenvalue weighted by atomic mass is 10.00. The summed E-state index contributed by atoms with van der Waals surface area (Å²) in [4.78, 5) is 38.1. The summed E-state index contributed by atoms with van der Waals surface area (Å²) in [6.07, 6.45) is 5.94. The van der Waals surface area contributed by atoms with Crippen LogP contribution in [0.2, 0.25) is 0 Å². The van der Waals surface area contributed by atoms with Crippen molar-refractivity contribution in [2.45, 2.75) is 51.5 Å². The topological polar surface area (TPSA) is 108 Å². The maximum Gasteiger partial charge on any atom is 0.339 e. The van der Waals surface area contributed by atoms with Crippen LogP contribution in [0.4, 0.5) is 10.5 Å². The van der Waals surface area contributed by atoms with Gasteiger partial charge < -0.3 is 15.2 Å². The van der Waals surface area contributed by atoms with Gasteiger partial charge in [-0.15, -0.1) is 0 Å². The number of esters is 1. The number of carboxylic acid groups (broad SMARTS) is 1. The number of ether oxygens (including phenoxy) is 1. The summed E-state index contributed by atoms with van der Waals surface area (Å²) in [5.74, 6) is -1.55. The average molecular weight is 546 g/mol. The fraction of sp³-hybridized carbons (Fsp3) is 0.344. The van der Waals surface area contributed by atoms with Gasteiger partial charge in [-0.3, -0.25) is 15.0 Å². The quantitative estimate of drug-likeness (QED) is 0.125. The molecule has 0 heterocycles. The number of benzene rings is 3. The maximum absolute atomic E-state index is 12.6. The van der Waals surface area contributed by atoms with E-state index in [1.165, 1.54) is 19.3 Å². The van der Waals surface area contributed by atoms with Gasteiger partial charge in [0.15, 0.2) is 0 Å². The van der Waals surface area contributed by atoms with Crippen molar-refractivity contribution in [3.8, 4) is 11.1 Å². The number of anilines is 1. The van der Waals surface area contributed by atoms with E-state index < -0.39 is 18.0 Å². The van der Waals surface area contributed by atoms with Crippen LogP contribution in [0.5, 0.6) is 0 Å². The molecule has 8 heteroatoms. The third-order valence-electron chi connectivity index (χ3n) is 6.66. The average Bonchev–Trinajstić information content (AvgIpc) is 2.98. The van der Waals surface area contributed by atoms with Crippen molar-refractivity contribution in [2.75, 3.05) is 25.2 Å². The molecule has 1 atom stereocenters. The second kappa shape index (κ2) is 16.1. The van der Waals surface area contributed by atoms with Crippen LogP contribution in [0.15, 0.2) is 78.9 Å². The highest BCUT2D eigenvalue weighted by Gasteiger charge is 2.18. The molecular weight excluding hydrogens is 506 g/mol. The first-order valence-corrected chi connectivity index (χ1v) is 13.8. The standard InChI is InChI=1S/C32H39N3O5/c1-3-4-5-6-10-20-33-32(39)35(2)28-15-11-14-27(22-28)25-18-16-24(17-19-25)21-29(30(36)37)34-23-40-31(38)26-12-8-7-9-13-26/h7-9,11-19,22,29,34H,3-6,10,20-21,23H2,1-2H3,(H,33,39)(H,36,37). The predicted molar refractivity (Wildman–Crippen MR) is 157 cm³/mol. The zero-order valence-electron chi connectivity index (χ0n) is 23.3. The summed E-state index contributed by atoms with van der Waals surface area (Å²) in [7, 11) is 1.75. The lowest BCUT2D eigenvalue weighted by Crippen LogP contribution is -2.40. The largest absolute Gasteiger partial charge is 0.480 e. The van der Waals surface area contributed by atoms with Crippen molar-refractivity contribution >= 4 is 23.7 Å². The Hall–Kier alpha value is -4.17. The zero-order valence-corrected chi connectivity index (χ0v) is 23.3. The minimum atomic E-state index is -1.03. The van der Waals surface area contributed by atoms with E-state index in [1.807, 2.05) is 48.5 Å². The molecule has 0 saturated carbocycles. The molecule has 3 N–H and O–H groups in total. The molecule has 212 valence electrons. The first-order chi connectivity index (χ1) is 19.4. The molecule has 40 heavy (non-hydrogen) atoms. The van der Waals surface area contributed by atoms with Crippen molar-refractivity contribution < 1.29 is 24.2 Å². The van der Waals surface area contributed by atoms with Gasteiger partial charge in [0.1, 0.15) is 12.8 Å². The normalized spacial score (nSPS) is 11.4. The van der Waals surface area contributed by atoms with Gasteiger partial charge in [-0.25, -0.2) is 9.59 Å². The first kappa shape index (κ1) is 30.4. The molecule has 1 unspecified atom stereocenters. The molecule has 3 aromatic rings. The van der Waals surface area contributed by atoms with Gasteiger partial charge in [-0.1, -0.05) is 87.2 Å². The molecule has 0 aliphatic heterocycles. The summed E-state index contributed by atoms with van der Waals surface area (Å²) in [5, 5.41) is 15.4. The predicted octanol–water partition coefficient (Wildman–Crippen LogP) is 5.87. The number of hydrogen-bond donors (Lipinski definition) is 3. The fourth-order valence-corrected chi connectivity index (χ4v) is 4.23. The zero-order chi connectivity index (χ0) is 28.7. The fourth-order valence-electron chi connectivity index (χ4n) is 4.23. The summed E-state index contributed by atoms with van der Waals surface area (Å²) >= 11 is 0. The van der Waals surface area contributed by atoms with E-state index in [-0.39, 0.29) is 19.2 Å². The Morgan fingerprint density at radius 1 is 0.875 bits per heavy atom. The van der Waals surface area contributed by atoms with Crippen LogP contribution in [0.25, 0.3) is 11.1 Å². The minimum Gasteiger partial charge on any atom is -0.480 e. The lowest BCUT2D eigenvalue weighted by molar-refractivity contribution is -0.139. The molecule has 0 saturated heterocycles. The number of amides is 2. The molecule has 0 aliphatic rings. The molecule has 0 aromatic heterocycles. The van der Waals surface area contributed by atoms with Gasteiger partial charge in [0.25, 0.3) is 0 Å². The van der Waals surface area contributed by atoms with Gasteiger partial charge in [-0.05, 0) is 53.8 Å². The number of urea groups is 1. The van der Waals surface area contributed by atoms with Gasteiger partial charge in [0.2, 0.25) is 0 Å². The Kier molecular flexibility index (Phi) is 12.2. The molecule has 3 rings (SSSR count). The van der Waals surface area contributed by atoms with Crippen LogP contribution in [-0.2, 0) is 16.0 Å². The van der Waals surface area contributed by atoms with E-state index in [2.05, 4.69) is 17.6 Å². The van der Waals surface area contributed by atoms with Crippen molar-refractivity contribution in [1.29, 1.82) is 0 Å². The molecule has 0 spiro atoms. The molecule has 0 fully saturated rings. The Morgan fingerprint density at radius 2 is 1.60 bits per heavy atom. The minimum absolute atomic E-state index is 0.135. The summed E-state index contributed by atoms with van der Waals surface area (Å²) in [5.41, 5.74) is 3.91. The number of aliphatic carboxylic acids is 1. The second-order valence-electron chi connectivity index (χ2n) is 9.69. The SMILES string of the molecule is CCCCCCCNC(=O)N(C)c1cccc(-c2ccc(CC(NCOC(=O)c3ccccc3)C(=O)O)cc2)c1. The molecular formula is C32H39N3O5. The van der Waals surface area contributed by atoms with Crippen LogP contribution >= 0.6 is 0 Å². The van der Waals surface area contributed by atoms with E-state index in [0.29, 0.717) is 12.1 Å². The molecule has 0 bridgehead atoms. The lowest BCUT2D eigenvalue weighted by Gasteiger charge is -2.19. The molecule has 2 amide bonds. The Balaban J connectivity index is 1.53. The number of rotatable bonds is 15. The number of nitrogens with zero attached hydrogens (tertiary/aromatic N) is 1. The summed E-state index contributed by atoms with van der Waals surface area (Å²) in [6.45, 7) is 2.63. The van der Waals surface area contributed by atoms with Crippen molar-refractivity contribution in [1.82, 2.24) is 10.6 Å². The number of hydrogen-bond acceptors (Lipinski definition) is 5. The van der Waals surface area contributed by atoms with Crippen molar-refractivity contribution in [2.24, 2.45) is 0 Å². The van der Waals surface area contributed by atoms with Gasteiger partial charge in [0.05, 0.1) is 5.56 Å². The third kappa shape index (κ3) is 9.54. The number of carboxylic acids is 1. The van der Waals surface area contributed by atoms with E-state index in [1.54, 1.807) is 42.3 Å². The van der Waals surface area contributed by atoms with E-state index in [4.69, 9.17) is 4.74 Å². The molecule has 0 aliphatic carbocycles. The number of carbonyl (C=O) groups excluding carboxylic acids is 2. The maximum atomic E-state index is 12.6. The first-order valence-electron chi connectivity index (χ1n) is 13.8. The second-order valence-corrected chi connectivity index (χ2v) is 9.69. The van der Waals surface area contributed by atoms with Crippen LogP contribution in [0.1, 0.15) is 54.9 Å². The Morgan fingerprint density at radius 3 is 2.30 bits per heavy atom. The Bertz CT molecular complexity index is 1230. The highest BCUT2D eigenvalue weighted by molar-refractivity contribution is 5.92. The van der Waals surface area contributed by atoms with E-state index >= 15 is 0 Å². The van der Waals surface area contributed by atoms with Crippen LogP contribution in [0, 0.1) is 0 Å².